The molecule has 6 heteroatoms. The summed E-state index contributed by atoms with van der Waals surface area (Å²) >= 11 is 12.5. The van der Waals surface area contributed by atoms with Crippen LogP contribution in [0.15, 0.2) is 29.2 Å². The van der Waals surface area contributed by atoms with E-state index in [9.17, 15) is 4.79 Å². The molecule has 1 aromatic carbocycles. The number of hydrogen-bond donors (Lipinski definition) is 1. The Morgan fingerprint density at radius 3 is 2.70 bits per heavy atom. The molecule has 3 rings (SSSR count). The molecule has 1 aromatic heterocycles. The van der Waals surface area contributed by atoms with Gasteiger partial charge >= 0.3 is 5.69 Å². The normalized spacial score (nSPS) is 13.9. The second-order valence-corrected chi connectivity index (χ2v) is 5.43. The average molecular weight is 308 g/mol. The first kappa shape index (κ1) is 13.2. The molecule has 102 valence electrons. The van der Waals surface area contributed by atoms with Crippen LogP contribution in [-0.4, -0.2) is 23.6 Å². The van der Waals surface area contributed by atoms with Gasteiger partial charge in [-0.3, -0.25) is 4.98 Å². The number of nitrogens with one attached hydrogen (secondary N) is 1. The molecule has 2 heterocycles. The second-order valence-electron chi connectivity index (χ2n) is 4.61. The zero-order chi connectivity index (χ0) is 14.3. The van der Waals surface area contributed by atoms with E-state index in [1.807, 2.05) is 36.2 Å². The van der Waals surface area contributed by atoms with E-state index in [1.54, 1.807) is 6.20 Å². The lowest BCUT2D eigenvalue weighted by Crippen LogP contribution is -2.28. The standard InChI is InChI=1S/C14H11Cl2N3O/c1-19-7-9(12-10(15)3-2-4-11(12)16)5-8-6-17-14(20)18-13(8)19/h2-6H,7H2,1H3,(H,17,18,20). The van der Waals surface area contributed by atoms with Crippen molar-refractivity contribution in [3.8, 4) is 0 Å². The van der Waals surface area contributed by atoms with Crippen LogP contribution < -0.4 is 10.6 Å². The van der Waals surface area contributed by atoms with Crippen molar-refractivity contribution < 1.29 is 0 Å². The zero-order valence-electron chi connectivity index (χ0n) is 10.7. The highest BCUT2D eigenvalue weighted by molar-refractivity contribution is 6.38. The number of likely N-dealkylation sites (N-methyl/N-ethyl adjacent to an activating group) is 1. The van der Waals surface area contributed by atoms with E-state index in [0.717, 1.165) is 22.5 Å². The van der Waals surface area contributed by atoms with Crippen molar-refractivity contribution in [2.24, 2.45) is 0 Å². The average Bonchev–Trinajstić information content (AvgIpc) is 2.39. The molecule has 0 unspecified atom stereocenters. The first-order chi connectivity index (χ1) is 9.56. The first-order valence-electron chi connectivity index (χ1n) is 6.01. The van der Waals surface area contributed by atoms with Gasteiger partial charge in [-0.1, -0.05) is 29.3 Å². The van der Waals surface area contributed by atoms with Crippen LogP contribution in [0.5, 0.6) is 0 Å². The summed E-state index contributed by atoms with van der Waals surface area (Å²) in [5.74, 6) is 0.747. The van der Waals surface area contributed by atoms with E-state index in [-0.39, 0.29) is 5.69 Å². The number of benzene rings is 1. The first-order valence-corrected chi connectivity index (χ1v) is 6.77. The van der Waals surface area contributed by atoms with Crippen LogP contribution in [0.3, 0.4) is 0 Å². The number of H-pyrrole nitrogens is 1. The highest BCUT2D eigenvalue weighted by atomic mass is 35.5. The Hall–Kier alpha value is -1.78. The van der Waals surface area contributed by atoms with Gasteiger partial charge in [-0.25, -0.2) is 9.78 Å². The minimum absolute atomic E-state index is 0.358. The lowest BCUT2D eigenvalue weighted by Gasteiger charge is -2.27. The summed E-state index contributed by atoms with van der Waals surface area (Å²) in [4.78, 5) is 19.7. The molecular formula is C14H11Cl2N3O. The molecule has 2 aromatic rings. The molecule has 0 saturated carbocycles. The van der Waals surface area contributed by atoms with Gasteiger partial charge in [0.2, 0.25) is 0 Å². The van der Waals surface area contributed by atoms with Crippen LogP contribution >= 0.6 is 23.2 Å². The fourth-order valence-corrected chi connectivity index (χ4v) is 2.98. The summed E-state index contributed by atoms with van der Waals surface area (Å²) < 4.78 is 0. The molecule has 0 amide bonds. The minimum Gasteiger partial charge on any atom is -0.356 e. The number of halogens is 2. The Kier molecular flexibility index (Phi) is 3.28. The van der Waals surface area contributed by atoms with Crippen molar-refractivity contribution in [3.05, 3.63) is 56.1 Å². The predicted molar refractivity (Wildman–Crippen MR) is 82.5 cm³/mol. The summed E-state index contributed by atoms with van der Waals surface area (Å²) in [6.45, 7) is 0.608. The summed E-state index contributed by atoms with van der Waals surface area (Å²) in [7, 11) is 1.90. The maximum absolute atomic E-state index is 11.3. The van der Waals surface area contributed by atoms with Crippen LogP contribution in [0.1, 0.15) is 11.1 Å². The highest BCUT2D eigenvalue weighted by Gasteiger charge is 2.20. The van der Waals surface area contributed by atoms with Gasteiger partial charge in [0.25, 0.3) is 0 Å². The van der Waals surface area contributed by atoms with Gasteiger partial charge in [-0.15, -0.1) is 0 Å². The maximum atomic E-state index is 11.3. The molecule has 0 saturated heterocycles. The lowest BCUT2D eigenvalue weighted by molar-refractivity contribution is 0.945. The molecule has 0 spiro atoms. The van der Waals surface area contributed by atoms with E-state index < -0.39 is 0 Å². The van der Waals surface area contributed by atoms with Crippen molar-refractivity contribution >= 4 is 40.7 Å². The molecule has 1 aliphatic rings. The maximum Gasteiger partial charge on any atom is 0.346 e. The van der Waals surface area contributed by atoms with E-state index in [1.165, 1.54) is 0 Å². The third-order valence-electron chi connectivity index (χ3n) is 3.22. The molecule has 0 radical (unpaired) electrons. The number of anilines is 1. The third kappa shape index (κ3) is 2.21. The van der Waals surface area contributed by atoms with E-state index in [0.29, 0.717) is 16.6 Å². The number of hydrogen-bond acceptors (Lipinski definition) is 3. The summed E-state index contributed by atoms with van der Waals surface area (Å²) in [6.07, 6.45) is 3.50. The fourth-order valence-electron chi connectivity index (χ4n) is 2.34. The highest BCUT2D eigenvalue weighted by Crippen LogP contribution is 2.36. The van der Waals surface area contributed by atoms with Gasteiger partial charge in [0, 0.05) is 41.0 Å². The Labute approximate surface area is 125 Å². The zero-order valence-corrected chi connectivity index (χ0v) is 12.2. The van der Waals surface area contributed by atoms with Crippen LogP contribution in [0.2, 0.25) is 10.0 Å². The molecule has 4 nitrogen and oxygen atoms in total. The molecule has 20 heavy (non-hydrogen) atoms. The van der Waals surface area contributed by atoms with Gasteiger partial charge in [0.15, 0.2) is 0 Å². The molecule has 1 aliphatic heterocycles. The predicted octanol–water partition coefficient (Wildman–Crippen LogP) is 3.07. The summed E-state index contributed by atoms with van der Waals surface area (Å²) in [5, 5.41) is 1.22. The van der Waals surface area contributed by atoms with Crippen LogP contribution in [0, 0.1) is 0 Å². The summed E-state index contributed by atoms with van der Waals surface area (Å²) in [6, 6.07) is 5.43. The minimum atomic E-state index is -0.358. The monoisotopic (exact) mass is 307 g/mol. The van der Waals surface area contributed by atoms with Gasteiger partial charge in [-0.2, -0.15) is 0 Å². The Morgan fingerprint density at radius 2 is 2.00 bits per heavy atom. The number of aromatic amines is 1. The lowest BCUT2D eigenvalue weighted by atomic mass is 10.00. The Balaban J connectivity index is 2.18. The second kappa shape index (κ2) is 4.96. The molecule has 0 bridgehead atoms. The summed E-state index contributed by atoms with van der Waals surface area (Å²) in [5.41, 5.74) is 2.29. The smallest absolute Gasteiger partial charge is 0.346 e. The van der Waals surface area contributed by atoms with E-state index in [4.69, 9.17) is 23.2 Å². The van der Waals surface area contributed by atoms with E-state index >= 15 is 0 Å². The van der Waals surface area contributed by atoms with Gasteiger partial charge < -0.3 is 4.90 Å². The SMILES string of the molecule is CN1CC(c2c(Cl)cccc2Cl)=Cc2cnc(=O)[nH]c21. The number of fused-ring (bicyclic) bond motifs is 1. The van der Waals surface area contributed by atoms with Crippen molar-refractivity contribution in [2.45, 2.75) is 0 Å². The van der Waals surface area contributed by atoms with Gasteiger partial charge in [0.05, 0.1) is 0 Å². The van der Waals surface area contributed by atoms with Crippen LogP contribution in [-0.2, 0) is 0 Å². The molecule has 0 atom stereocenters. The number of nitrogens with zero attached hydrogens (tertiary/aromatic N) is 2. The Morgan fingerprint density at radius 1 is 1.30 bits per heavy atom. The van der Waals surface area contributed by atoms with E-state index in [2.05, 4.69) is 9.97 Å². The molecular weight excluding hydrogens is 297 g/mol. The number of rotatable bonds is 1. The number of aromatic nitrogens is 2. The largest absolute Gasteiger partial charge is 0.356 e. The van der Waals surface area contributed by atoms with Gasteiger partial charge in [-0.05, 0) is 23.8 Å². The fraction of sp³-hybridized carbons (Fsp3) is 0.143. The Bertz CT molecular complexity index is 747. The van der Waals surface area contributed by atoms with Crippen molar-refractivity contribution in [1.29, 1.82) is 0 Å². The van der Waals surface area contributed by atoms with Crippen molar-refractivity contribution in [2.75, 3.05) is 18.5 Å². The molecule has 0 fully saturated rings. The third-order valence-corrected chi connectivity index (χ3v) is 3.85. The van der Waals surface area contributed by atoms with Crippen LogP contribution in [0.4, 0.5) is 5.82 Å². The molecule has 0 aliphatic carbocycles. The van der Waals surface area contributed by atoms with Gasteiger partial charge in [0.1, 0.15) is 5.82 Å². The molecule has 1 N–H and O–H groups in total. The topological polar surface area (TPSA) is 49.0 Å². The van der Waals surface area contributed by atoms with Crippen LogP contribution in [0.25, 0.3) is 11.6 Å². The van der Waals surface area contributed by atoms with Crippen molar-refractivity contribution in [3.63, 3.8) is 0 Å². The van der Waals surface area contributed by atoms with Crippen molar-refractivity contribution in [1.82, 2.24) is 9.97 Å². The quantitative estimate of drug-likeness (QED) is 0.881.